The van der Waals surface area contributed by atoms with Crippen LogP contribution in [0.25, 0.3) is 0 Å². The Hall–Kier alpha value is -1.95. The SMILES string of the molecule is Cc1cscc1CNc1ccc([N+](=O)[O-])cn1. The summed E-state index contributed by atoms with van der Waals surface area (Å²) < 4.78 is 0. The van der Waals surface area contributed by atoms with Gasteiger partial charge in [0.05, 0.1) is 4.92 Å². The van der Waals surface area contributed by atoms with Crippen LogP contribution in [0.1, 0.15) is 11.1 Å². The fourth-order valence-corrected chi connectivity index (χ4v) is 2.21. The van der Waals surface area contributed by atoms with E-state index in [-0.39, 0.29) is 5.69 Å². The predicted molar refractivity (Wildman–Crippen MR) is 67.3 cm³/mol. The monoisotopic (exact) mass is 249 g/mol. The number of aromatic nitrogens is 1. The zero-order chi connectivity index (χ0) is 12.3. The van der Waals surface area contributed by atoms with Gasteiger partial charge in [-0.25, -0.2) is 4.98 Å². The molecule has 0 bridgehead atoms. The molecule has 0 unspecified atom stereocenters. The zero-order valence-corrected chi connectivity index (χ0v) is 10.0. The van der Waals surface area contributed by atoms with Crippen molar-refractivity contribution < 1.29 is 4.92 Å². The fourth-order valence-electron chi connectivity index (χ4n) is 1.35. The molecule has 0 amide bonds. The van der Waals surface area contributed by atoms with Crippen molar-refractivity contribution in [1.29, 1.82) is 0 Å². The topological polar surface area (TPSA) is 68.1 Å². The summed E-state index contributed by atoms with van der Waals surface area (Å²) in [6, 6.07) is 3.05. The first kappa shape index (κ1) is 11.5. The molecular weight excluding hydrogens is 238 g/mol. The van der Waals surface area contributed by atoms with Crippen LogP contribution in [0, 0.1) is 17.0 Å². The molecule has 0 atom stereocenters. The molecule has 5 nitrogen and oxygen atoms in total. The van der Waals surface area contributed by atoms with E-state index in [0.717, 1.165) is 0 Å². The normalized spacial score (nSPS) is 10.2. The maximum atomic E-state index is 10.4. The van der Waals surface area contributed by atoms with Gasteiger partial charge in [-0.3, -0.25) is 10.1 Å². The third-order valence-corrected chi connectivity index (χ3v) is 3.29. The number of anilines is 1. The lowest BCUT2D eigenvalue weighted by atomic mass is 10.2. The first-order chi connectivity index (χ1) is 8.16. The average Bonchev–Trinajstić information content (AvgIpc) is 2.73. The quantitative estimate of drug-likeness (QED) is 0.668. The minimum Gasteiger partial charge on any atom is -0.366 e. The minimum absolute atomic E-state index is 0.00210. The number of rotatable bonds is 4. The number of aryl methyl sites for hydroxylation is 1. The summed E-state index contributed by atoms with van der Waals surface area (Å²) in [5.41, 5.74) is 2.46. The van der Waals surface area contributed by atoms with Crippen LogP contribution in [0.3, 0.4) is 0 Å². The van der Waals surface area contributed by atoms with Crippen molar-refractivity contribution in [2.45, 2.75) is 13.5 Å². The molecular formula is C11H11N3O2S. The number of nitrogens with one attached hydrogen (secondary N) is 1. The zero-order valence-electron chi connectivity index (χ0n) is 9.21. The van der Waals surface area contributed by atoms with Crippen LogP contribution in [0.5, 0.6) is 0 Å². The Morgan fingerprint density at radius 3 is 2.82 bits per heavy atom. The van der Waals surface area contributed by atoms with E-state index >= 15 is 0 Å². The van der Waals surface area contributed by atoms with Gasteiger partial charge in [0, 0.05) is 12.6 Å². The Morgan fingerprint density at radius 2 is 2.29 bits per heavy atom. The minimum atomic E-state index is -0.459. The second kappa shape index (κ2) is 4.92. The van der Waals surface area contributed by atoms with Crippen LogP contribution in [0.15, 0.2) is 29.1 Å². The molecule has 6 heteroatoms. The first-order valence-corrected chi connectivity index (χ1v) is 5.97. The maximum Gasteiger partial charge on any atom is 0.287 e. The number of thiophene rings is 1. The highest BCUT2D eigenvalue weighted by atomic mass is 32.1. The van der Waals surface area contributed by atoms with E-state index in [9.17, 15) is 10.1 Å². The van der Waals surface area contributed by atoms with Crippen LogP contribution < -0.4 is 5.32 Å². The third kappa shape index (κ3) is 2.79. The average molecular weight is 249 g/mol. The summed E-state index contributed by atoms with van der Waals surface area (Å²) in [5.74, 6) is 0.640. The van der Waals surface area contributed by atoms with Gasteiger partial charge < -0.3 is 5.32 Å². The third-order valence-electron chi connectivity index (χ3n) is 2.38. The van der Waals surface area contributed by atoms with E-state index in [4.69, 9.17) is 0 Å². The smallest absolute Gasteiger partial charge is 0.287 e. The van der Waals surface area contributed by atoms with Gasteiger partial charge in [0.2, 0.25) is 0 Å². The van der Waals surface area contributed by atoms with Crippen molar-refractivity contribution in [3.05, 3.63) is 50.3 Å². The largest absolute Gasteiger partial charge is 0.366 e. The summed E-state index contributed by atoms with van der Waals surface area (Å²) in [5, 5.41) is 17.7. The molecule has 0 saturated carbocycles. The van der Waals surface area contributed by atoms with Crippen LogP contribution in [0.4, 0.5) is 11.5 Å². The van der Waals surface area contributed by atoms with E-state index in [1.165, 1.54) is 23.4 Å². The van der Waals surface area contributed by atoms with E-state index in [0.29, 0.717) is 12.4 Å². The lowest BCUT2D eigenvalue weighted by molar-refractivity contribution is -0.385. The summed E-state index contributed by atoms with van der Waals surface area (Å²) in [6.07, 6.45) is 1.25. The Balaban J connectivity index is 2.00. The highest BCUT2D eigenvalue weighted by Crippen LogP contribution is 2.16. The number of pyridine rings is 1. The molecule has 0 aliphatic carbocycles. The molecule has 2 aromatic rings. The summed E-state index contributed by atoms with van der Waals surface area (Å²) >= 11 is 1.66. The molecule has 88 valence electrons. The summed E-state index contributed by atoms with van der Waals surface area (Å²) in [7, 11) is 0. The van der Waals surface area contributed by atoms with Crippen molar-refractivity contribution in [1.82, 2.24) is 4.98 Å². The van der Waals surface area contributed by atoms with Crippen LogP contribution in [-0.4, -0.2) is 9.91 Å². The molecule has 2 aromatic heterocycles. The predicted octanol–water partition coefficient (Wildman–Crippen LogP) is 2.97. The highest BCUT2D eigenvalue weighted by molar-refractivity contribution is 7.08. The molecule has 2 heterocycles. The first-order valence-electron chi connectivity index (χ1n) is 5.03. The summed E-state index contributed by atoms with van der Waals surface area (Å²) in [4.78, 5) is 14.0. The van der Waals surface area contributed by atoms with Crippen molar-refractivity contribution in [2.75, 3.05) is 5.32 Å². The fraction of sp³-hybridized carbons (Fsp3) is 0.182. The van der Waals surface area contributed by atoms with E-state index in [1.54, 1.807) is 17.4 Å². The van der Waals surface area contributed by atoms with Gasteiger partial charge in [-0.05, 0) is 34.9 Å². The Kier molecular flexibility index (Phi) is 3.34. The van der Waals surface area contributed by atoms with Crippen LogP contribution >= 0.6 is 11.3 Å². The molecule has 1 N–H and O–H groups in total. The number of nitro groups is 1. The molecule has 0 radical (unpaired) electrons. The Labute approximate surface area is 102 Å². The molecule has 2 rings (SSSR count). The highest BCUT2D eigenvalue weighted by Gasteiger charge is 2.05. The molecule has 0 aliphatic heterocycles. The molecule has 0 aromatic carbocycles. The van der Waals surface area contributed by atoms with Crippen LogP contribution in [0.2, 0.25) is 0 Å². The molecule has 17 heavy (non-hydrogen) atoms. The molecule has 0 spiro atoms. The molecule has 0 aliphatic rings. The molecule has 0 fully saturated rings. The maximum absolute atomic E-state index is 10.4. The number of nitrogens with zero attached hydrogens (tertiary/aromatic N) is 2. The number of hydrogen-bond acceptors (Lipinski definition) is 5. The number of hydrogen-bond donors (Lipinski definition) is 1. The Morgan fingerprint density at radius 1 is 1.47 bits per heavy atom. The van der Waals surface area contributed by atoms with Crippen molar-refractivity contribution in [2.24, 2.45) is 0 Å². The van der Waals surface area contributed by atoms with Gasteiger partial charge in [0.1, 0.15) is 12.0 Å². The van der Waals surface area contributed by atoms with Gasteiger partial charge in [-0.1, -0.05) is 0 Å². The van der Waals surface area contributed by atoms with E-state index < -0.39 is 4.92 Å². The Bertz CT molecular complexity index is 522. The van der Waals surface area contributed by atoms with E-state index in [2.05, 4.69) is 28.0 Å². The van der Waals surface area contributed by atoms with Gasteiger partial charge in [0.25, 0.3) is 5.69 Å². The van der Waals surface area contributed by atoms with Crippen molar-refractivity contribution in [3.63, 3.8) is 0 Å². The van der Waals surface area contributed by atoms with E-state index in [1.807, 2.05) is 0 Å². The van der Waals surface area contributed by atoms with Gasteiger partial charge in [0.15, 0.2) is 0 Å². The second-order valence-electron chi connectivity index (χ2n) is 3.59. The van der Waals surface area contributed by atoms with Crippen molar-refractivity contribution in [3.8, 4) is 0 Å². The second-order valence-corrected chi connectivity index (χ2v) is 4.34. The lowest BCUT2D eigenvalue weighted by Gasteiger charge is -2.04. The van der Waals surface area contributed by atoms with Crippen LogP contribution in [-0.2, 0) is 6.54 Å². The molecule has 0 saturated heterocycles. The van der Waals surface area contributed by atoms with Crippen molar-refractivity contribution >= 4 is 22.8 Å². The van der Waals surface area contributed by atoms with Gasteiger partial charge >= 0.3 is 0 Å². The summed E-state index contributed by atoms with van der Waals surface area (Å²) in [6.45, 7) is 2.73. The van der Waals surface area contributed by atoms with Gasteiger partial charge in [-0.2, -0.15) is 11.3 Å². The van der Waals surface area contributed by atoms with Gasteiger partial charge in [-0.15, -0.1) is 0 Å². The standard InChI is InChI=1S/C11H11N3O2S/c1-8-6-17-7-9(8)4-12-11-3-2-10(5-13-11)14(15)16/h2-3,5-7H,4H2,1H3,(H,12,13). The lowest BCUT2D eigenvalue weighted by Crippen LogP contribution is -2.01.